The first kappa shape index (κ1) is 16.9. The number of anilines is 2. The summed E-state index contributed by atoms with van der Waals surface area (Å²) >= 11 is 0. The highest BCUT2D eigenvalue weighted by atomic mass is 15.3. The Morgan fingerprint density at radius 2 is 1.43 bits per heavy atom. The van der Waals surface area contributed by atoms with Gasteiger partial charge in [-0.05, 0) is 43.2 Å². The summed E-state index contributed by atoms with van der Waals surface area (Å²) in [5.74, 6) is 2.03. The Morgan fingerprint density at radius 1 is 0.714 bits per heavy atom. The molecule has 5 heteroatoms. The zero-order valence-corrected chi connectivity index (χ0v) is 16.3. The van der Waals surface area contributed by atoms with Gasteiger partial charge in [0.25, 0.3) is 0 Å². The Bertz CT molecular complexity index is 1160. The highest BCUT2D eigenvalue weighted by molar-refractivity contribution is 5.86. The van der Waals surface area contributed by atoms with Crippen molar-refractivity contribution in [3.05, 3.63) is 65.9 Å². The number of rotatable bonds is 2. The first-order valence-corrected chi connectivity index (χ1v) is 9.78. The van der Waals surface area contributed by atoms with Crippen LogP contribution >= 0.6 is 0 Å². The van der Waals surface area contributed by atoms with Gasteiger partial charge in [0.2, 0.25) is 0 Å². The monoisotopic (exact) mass is 369 g/mol. The summed E-state index contributed by atoms with van der Waals surface area (Å²) in [6.45, 7) is 8.00. The second-order valence-corrected chi connectivity index (χ2v) is 7.46. The lowest BCUT2D eigenvalue weighted by molar-refractivity contribution is 0.642. The van der Waals surface area contributed by atoms with Gasteiger partial charge in [0.05, 0.1) is 22.7 Å². The average molecular weight is 369 g/mol. The molecule has 1 saturated heterocycles. The van der Waals surface area contributed by atoms with E-state index in [0.29, 0.717) is 0 Å². The van der Waals surface area contributed by atoms with Gasteiger partial charge in [-0.25, -0.2) is 9.97 Å². The van der Waals surface area contributed by atoms with Crippen LogP contribution in [0.15, 0.2) is 54.7 Å². The van der Waals surface area contributed by atoms with E-state index in [4.69, 9.17) is 9.97 Å². The molecule has 0 aliphatic carbocycles. The van der Waals surface area contributed by atoms with E-state index in [1.807, 2.05) is 30.5 Å². The van der Waals surface area contributed by atoms with Crippen LogP contribution in [-0.2, 0) is 0 Å². The number of aromatic nitrogens is 3. The summed E-state index contributed by atoms with van der Waals surface area (Å²) in [4.78, 5) is 19.0. The first-order chi connectivity index (χ1) is 13.7. The molecule has 0 spiro atoms. The second-order valence-electron chi connectivity index (χ2n) is 7.46. The van der Waals surface area contributed by atoms with E-state index in [9.17, 15) is 0 Å². The van der Waals surface area contributed by atoms with Gasteiger partial charge in [0.1, 0.15) is 11.6 Å². The number of aryl methyl sites for hydroxylation is 2. The number of pyridine rings is 1. The Hall–Kier alpha value is -3.21. The maximum atomic E-state index is 4.98. The molecule has 0 N–H and O–H groups in total. The lowest BCUT2D eigenvalue weighted by Crippen LogP contribution is -2.47. The molecule has 28 heavy (non-hydrogen) atoms. The standard InChI is InChI=1S/C23H23N5/c1-16-6-5-7-18-17(2)14-21(26-23(16)18)27-10-12-28(13-11-27)22-15-24-19-8-3-4-9-20(19)25-22/h3-9,14-15H,10-13H2,1-2H3. The van der Waals surface area contributed by atoms with Gasteiger partial charge >= 0.3 is 0 Å². The topological polar surface area (TPSA) is 45.2 Å². The van der Waals surface area contributed by atoms with Crippen molar-refractivity contribution in [2.75, 3.05) is 36.0 Å². The van der Waals surface area contributed by atoms with E-state index in [2.05, 4.69) is 52.9 Å². The third kappa shape index (κ3) is 2.93. The quantitative estimate of drug-likeness (QED) is 0.532. The van der Waals surface area contributed by atoms with E-state index in [-0.39, 0.29) is 0 Å². The molecule has 0 atom stereocenters. The lowest BCUT2D eigenvalue weighted by Gasteiger charge is -2.36. The van der Waals surface area contributed by atoms with Gasteiger partial charge in [-0.2, -0.15) is 0 Å². The Kier molecular flexibility index (Phi) is 4.08. The fraction of sp³-hybridized carbons (Fsp3) is 0.261. The van der Waals surface area contributed by atoms with Gasteiger partial charge in [-0.3, -0.25) is 4.98 Å². The molecule has 1 fully saturated rings. The normalized spacial score (nSPS) is 14.8. The van der Waals surface area contributed by atoms with Crippen molar-refractivity contribution < 1.29 is 0 Å². The molecule has 0 radical (unpaired) electrons. The van der Waals surface area contributed by atoms with Crippen LogP contribution in [0.2, 0.25) is 0 Å². The van der Waals surface area contributed by atoms with Crippen LogP contribution in [0, 0.1) is 13.8 Å². The minimum absolute atomic E-state index is 0.916. The van der Waals surface area contributed by atoms with Crippen LogP contribution in [0.3, 0.4) is 0 Å². The van der Waals surface area contributed by atoms with Gasteiger partial charge in [-0.15, -0.1) is 0 Å². The minimum Gasteiger partial charge on any atom is -0.353 e. The number of para-hydroxylation sites is 3. The summed E-state index contributed by atoms with van der Waals surface area (Å²) < 4.78 is 0. The third-order valence-electron chi connectivity index (χ3n) is 5.60. The van der Waals surface area contributed by atoms with Crippen molar-refractivity contribution in [2.45, 2.75) is 13.8 Å². The maximum absolute atomic E-state index is 4.98. The number of hydrogen-bond donors (Lipinski definition) is 0. The van der Waals surface area contributed by atoms with Crippen LogP contribution in [-0.4, -0.2) is 41.1 Å². The molecular formula is C23H23N5. The Labute approximate surface area is 164 Å². The van der Waals surface area contributed by atoms with E-state index in [0.717, 1.165) is 54.4 Å². The van der Waals surface area contributed by atoms with Gasteiger partial charge in [0.15, 0.2) is 0 Å². The molecule has 5 nitrogen and oxygen atoms in total. The second kappa shape index (κ2) is 6.75. The number of hydrogen-bond acceptors (Lipinski definition) is 5. The van der Waals surface area contributed by atoms with Crippen LogP contribution in [0.4, 0.5) is 11.6 Å². The molecule has 0 amide bonds. The maximum Gasteiger partial charge on any atom is 0.147 e. The van der Waals surface area contributed by atoms with Crippen molar-refractivity contribution in [1.82, 2.24) is 15.0 Å². The molecule has 2 aromatic heterocycles. The summed E-state index contributed by atoms with van der Waals surface area (Å²) in [7, 11) is 0. The van der Waals surface area contributed by atoms with Gasteiger partial charge in [-0.1, -0.05) is 30.3 Å². The molecule has 1 aliphatic heterocycles. The smallest absolute Gasteiger partial charge is 0.147 e. The van der Waals surface area contributed by atoms with Crippen LogP contribution in [0.1, 0.15) is 11.1 Å². The van der Waals surface area contributed by atoms with Crippen molar-refractivity contribution in [2.24, 2.45) is 0 Å². The van der Waals surface area contributed by atoms with Crippen molar-refractivity contribution in [1.29, 1.82) is 0 Å². The fourth-order valence-electron chi connectivity index (χ4n) is 3.97. The van der Waals surface area contributed by atoms with Crippen LogP contribution in [0.25, 0.3) is 21.9 Å². The van der Waals surface area contributed by atoms with E-state index in [1.165, 1.54) is 16.5 Å². The summed E-state index contributed by atoms with van der Waals surface area (Å²) in [5.41, 5.74) is 5.51. The largest absolute Gasteiger partial charge is 0.353 e. The summed E-state index contributed by atoms with van der Waals surface area (Å²) in [6, 6.07) is 16.6. The zero-order chi connectivity index (χ0) is 19.1. The Balaban J connectivity index is 1.38. The third-order valence-corrected chi connectivity index (χ3v) is 5.60. The number of fused-ring (bicyclic) bond motifs is 2. The van der Waals surface area contributed by atoms with E-state index in [1.54, 1.807) is 0 Å². The number of benzene rings is 2. The predicted molar refractivity (Wildman–Crippen MR) is 115 cm³/mol. The first-order valence-electron chi connectivity index (χ1n) is 9.78. The highest BCUT2D eigenvalue weighted by Gasteiger charge is 2.20. The van der Waals surface area contributed by atoms with Gasteiger partial charge in [0, 0.05) is 31.6 Å². The molecule has 5 rings (SSSR count). The number of piperazine rings is 1. The van der Waals surface area contributed by atoms with Crippen molar-refractivity contribution in [3.8, 4) is 0 Å². The molecule has 3 heterocycles. The van der Waals surface area contributed by atoms with Gasteiger partial charge < -0.3 is 9.80 Å². The summed E-state index contributed by atoms with van der Waals surface area (Å²) in [5, 5.41) is 1.24. The highest BCUT2D eigenvalue weighted by Crippen LogP contribution is 2.26. The zero-order valence-electron chi connectivity index (χ0n) is 16.3. The predicted octanol–water partition coefficient (Wildman–Crippen LogP) is 4.12. The average Bonchev–Trinajstić information content (AvgIpc) is 2.74. The van der Waals surface area contributed by atoms with Crippen LogP contribution < -0.4 is 9.80 Å². The minimum atomic E-state index is 0.916. The molecule has 4 aromatic rings. The van der Waals surface area contributed by atoms with E-state index < -0.39 is 0 Å². The van der Waals surface area contributed by atoms with Crippen molar-refractivity contribution >= 4 is 33.6 Å². The molecule has 0 unspecified atom stereocenters. The van der Waals surface area contributed by atoms with Crippen LogP contribution in [0.5, 0.6) is 0 Å². The Morgan fingerprint density at radius 3 is 2.21 bits per heavy atom. The lowest BCUT2D eigenvalue weighted by atomic mass is 10.1. The van der Waals surface area contributed by atoms with Crippen molar-refractivity contribution in [3.63, 3.8) is 0 Å². The molecular weight excluding hydrogens is 346 g/mol. The molecule has 140 valence electrons. The summed E-state index contributed by atoms with van der Waals surface area (Å²) in [6.07, 6.45) is 1.89. The molecule has 0 bridgehead atoms. The molecule has 0 saturated carbocycles. The van der Waals surface area contributed by atoms with E-state index >= 15 is 0 Å². The molecule has 1 aliphatic rings. The fourth-order valence-corrected chi connectivity index (χ4v) is 3.97. The SMILES string of the molecule is Cc1cc(N2CCN(c3cnc4ccccc4n3)CC2)nc2c(C)cccc12. The number of nitrogens with zero attached hydrogens (tertiary/aromatic N) is 5. The molecule has 2 aromatic carbocycles.